The first-order valence-electron chi connectivity index (χ1n) is 10.6. The molecule has 12 heteroatoms. The highest BCUT2D eigenvalue weighted by Gasteiger charge is 2.55. The fourth-order valence-electron chi connectivity index (χ4n) is 4.45. The molecule has 0 bridgehead atoms. The molecular formula is C21H24N4O7S. The number of hydrogen-bond acceptors (Lipinski definition) is 7. The quantitative estimate of drug-likeness (QED) is 0.439. The SMILES string of the molecule is CCCC(NC(=O)c1ccoc1)C(=O)N1CCC2C1C(=O)CN2S(=O)(=O)c1cccc[n+]1[O-]. The molecule has 0 saturated carbocycles. The molecule has 2 aromatic heterocycles. The summed E-state index contributed by atoms with van der Waals surface area (Å²) >= 11 is 0. The van der Waals surface area contributed by atoms with Gasteiger partial charge in [-0.15, -0.1) is 0 Å². The highest BCUT2D eigenvalue weighted by Crippen LogP contribution is 2.33. The number of carbonyl (C=O) groups is 3. The number of rotatable bonds is 7. The Hall–Kier alpha value is -3.25. The van der Waals surface area contributed by atoms with Gasteiger partial charge in [0.2, 0.25) is 5.91 Å². The molecule has 33 heavy (non-hydrogen) atoms. The molecule has 4 heterocycles. The van der Waals surface area contributed by atoms with E-state index in [9.17, 15) is 28.0 Å². The first-order chi connectivity index (χ1) is 15.8. The van der Waals surface area contributed by atoms with E-state index < -0.39 is 57.3 Å². The Labute approximate surface area is 190 Å². The molecule has 0 radical (unpaired) electrons. The van der Waals surface area contributed by atoms with Gasteiger partial charge in [0.1, 0.15) is 18.3 Å². The molecule has 176 valence electrons. The van der Waals surface area contributed by atoms with Crippen molar-refractivity contribution in [3.63, 3.8) is 0 Å². The van der Waals surface area contributed by atoms with E-state index in [2.05, 4.69) is 5.32 Å². The van der Waals surface area contributed by atoms with Crippen LogP contribution < -0.4 is 10.0 Å². The maximum Gasteiger partial charge on any atom is 0.323 e. The number of carbonyl (C=O) groups excluding carboxylic acids is 3. The third kappa shape index (κ3) is 4.11. The Morgan fingerprint density at radius 3 is 2.79 bits per heavy atom. The van der Waals surface area contributed by atoms with Gasteiger partial charge < -0.3 is 19.8 Å². The average Bonchev–Trinajstić information content (AvgIpc) is 3.52. The predicted molar refractivity (Wildman–Crippen MR) is 113 cm³/mol. The van der Waals surface area contributed by atoms with E-state index in [1.807, 2.05) is 6.92 Å². The number of amides is 2. The lowest BCUT2D eigenvalue weighted by atomic mass is 10.1. The minimum atomic E-state index is -4.24. The van der Waals surface area contributed by atoms with Gasteiger partial charge >= 0.3 is 15.0 Å². The topological polar surface area (TPSA) is 144 Å². The lowest BCUT2D eigenvalue weighted by molar-refractivity contribution is -0.646. The molecule has 2 fully saturated rings. The maximum atomic E-state index is 13.3. The molecule has 2 amide bonds. The largest absolute Gasteiger partial charge is 0.618 e. The van der Waals surface area contributed by atoms with Crippen molar-refractivity contribution in [2.45, 2.75) is 49.3 Å². The minimum absolute atomic E-state index is 0.167. The fraction of sp³-hybridized carbons (Fsp3) is 0.429. The van der Waals surface area contributed by atoms with Crippen molar-refractivity contribution < 1.29 is 31.9 Å². The standard InChI is InChI=1S/C21H24N4O7S/c1-2-5-15(22-20(27)14-8-11-32-13-14)21(28)23-10-7-16-19(23)17(26)12-25(16)33(30,31)18-6-3-4-9-24(18)29/h3-4,6,8-9,11,13,15-16,19H,2,5,7,10,12H2,1H3,(H,22,27). The van der Waals surface area contributed by atoms with E-state index in [1.54, 1.807) is 0 Å². The van der Waals surface area contributed by atoms with Crippen LogP contribution in [-0.4, -0.2) is 66.4 Å². The molecule has 2 aromatic rings. The summed E-state index contributed by atoms with van der Waals surface area (Å²) in [4.78, 5) is 40.0. The van der Waals surface area contributed by atoms with Crippen LogP contribution in [0.15, 0.2) is 52.4 Å². The number of likely N-dealkylation sites (tertiary alicyclic amines) is 1. The zero-order valence-electron chi connectivity index (χ0n) is 17.9. The summed E-state index contributed by atoms with van der Waals surface area (Å²) in [6.07, 6.45) is 4.90. The number of Topliss-reactive ketones (excluding diaryl/α,β-unsaturated/α-hetero) is 1. The van der Waals surface area contributed by atoms with Crippen molar-refractivity contribution in [2.75, 3.05) is 13.1 Å². The van der Waals surface area contributed by atoms with Crippen LogP contribution in [0.2, 0.25) is 0 Å². The highest BCUT2D eigenvalue weighted by atomic mass is 32.2. The third-order valence-electron chi connectivity index (χ3n) is 5.99. The lowest BCUT2D eigenvalue weighted by Gasteiger charge is -2.28. The summed E-state index contributed by atoms with van der Waals surface area (Å²) in [5, 5.41) is 14.3. The van der Waals surface area contributed by atoms with E-state index in [0.717, 1.165) is 10.5 Å². The minimum Gasteiger partial charge on any atom is -0.618 e. The molecule has 1 N–H and O–H groups in total. The van der Waals surface area contributed by atoms with E-state index in [0.29, 0.717) is 12.8 Å². The summed E-state index contributed by atoms with van der Waals surface area (Å²) in [6, 6.07) is 2.90. The predicted octanol–water partition coefficient (Wildman–Crippen LogP) is 0.0546. The van der Waals surface area contributed by atoms with Crippen molar-refractivity contribution in [3.05, 3.63) is 53.8 Å². The molecule has 2 aliphatic rings. The van der Waals surface area contributed by atoms with Gasteiger partial charge in [0.15, 0.2) is 12.0 Å². The van der Waals surface area contributed by atoms with Gasteiger partial charge in [0.25, 0.3) is 5.91 Å². The van der Waals surface area contributed by atoms with Crippen LogP contribution in [-0.2, 0) is 19.6 Å². The van der Waals surface area contributed by atoms with Crippen LogP contribution in [0.3, 0.4) is 0 Å². The van der Waals surface area contributed by atoms with Crippen molar-refractivity contribution in [3.8, 4) is 0 Å². The lowest BCUT2D eigenvalue weighted by Crippen LogP contribution is -2.52. The second kappa shape index (κ2) is 8.94. The van der Waals surface area contributed by atoms with Crippen LogP contribution in [0.1, 0.15) is 36.5 Å². The molecule has 0 aliphatic carbocycles. The van der Waals surface area contributed by atoms with Crippen LogP contribution in [0.25, 0.3) is 0 Å². The average molecular weight is 477 g/mol. The molecule has 0 spiro atoms. The second-order valence-electron chi connectivity index (χ2n) is 8.04. The monoisotopic (exact) mass is 476 g/mol. The van der Waals surface area contributed by atoms with Crippen LogP contribution >= 0.6 is 0 Å². The molecule has 3 atom stereocenters. The molecule has 11 nitrogen and oxygen atoms in total. The van der Waals surface area contributed by atoms with Gasteiger partial charge in [0.05, 0.1) is 24.4 Å². The molecule has 2 saturated heterocycles. The Balaban J connectivity index is 1.55. The van der Waals surface area contributed by atoms with Crippen molar-refractivity contribution >= 4 is 27.6 Å². The number of furan rings is 1. The molecule has 2 aliphatic heterocycles. The maximum absolute atomic E-state index is 13.3. The van der Waals surface area contributed by atoms with Crippen molar-refractivity contribution in [1.82, 2.24) is 14.5 Å². The normalized spacial score (nSPS) is 21.7. The summed E-state index contributed by atoms with van der Waals surface area (Å²) in [7, 11) is -4.24. The van der Waals surface area contributed by atoms with Gasteiger partial charge in [-0.1, -0.05) is 13.3 Å². The van der Waals surface area contributed by atoms with Gasteiger partial charge in [-0.2, -0.15) is 9.04 Å². The summed E-state index contributed by atoms with van der Waals surface area (Å²) in [6.45, 7) is 1.61. The first-order valence-corrected chi connectivity index (χ1v) is 12.1. The number of pyridine rings is 1. The van der Waals surface area contributed by atoms with Crippen molar-refractivity contribution in [2.24, 2.45) is 0 Å². The van der Waals surface area contributed by atoms with Crippen LogP contribution in [0.4, 0.5) is 0 Å². The molecule has 0 aromatic carbocycles. The number of aromatic nitrogens is 1. The molecule has 4 rings (SSSR count). The fourth-order valence-corrected chi connectivity index (χ4v) is 6.11. The van der Waals surface area contributed by atoms with Gasteiger partial charge in [-0.05, 0) is 25.0 Å². The Bertz CT molecular complexity index is 1170. The smallest absolute Gasteiger partial charge is 0.323 e. The van der Waals surface area contributed by atoms with Crippen LogP contribution in [0.5, 0.6) is 0 Å². The number of sulfonamides is 1. The van der Waals surface area contributed by atoms with E-state index in [4.69, 9.17) is 4.42 Å². The number of nitrogens with one attached hydrogen (secondary N) is 1. The van der Waals surface area contributed by atoms with Gasteiger partial charge in [-0.3, -0.25) is 14.4 Å². The zero-order chi connectivity index (χ0) is 23.8. The Morgan fingerprint density at radius 2 is 2.12 bits per heavy atom. The van der Waals surface area contributed by atoms with E-state index in [-0.39, 0.29) is 23.3 Å². The number of fused-ring (bicyclic) bond motifs is 1. The number of hydrogen-bond donors (Lipinski definition) is 1. The first kappa shape index (κ1) is 22.9. The van der Waals surface area contributed by atoms with Crippen molar-refractivity contribution in [1.29, 1.82) is 0 Å². The van der Waals surface area contributed by atoms with E-state index >= 15 is 0 Å². The number of ketones is 1. The molecular weight excluding hydrogens is 452 g/mol. The Kier molecular flexibility index (Phi) is 6.21. The van der Waals surface area contributed by atoms with Gasteiger partial charge in [0, 0.05) is 18.7 Å². The van der Waals surface area contributed by atoms with Crippen LogP contribution in [0, 0.1) is 5.21 Å². The third-order valence-corrected chi connectivity index (χ3v) is 7.85. The molecule has 3 unspecified atom stereocenters. The van der Waals surface area contributed by atoms with E-state index in [1.165, 1.54) is 41.7 Å². The summed E-state index contributed by atoms with van der Waals surface area (Å²) < 4.78 is 32.4. The zero-order valence-corrected chi connectivity index (χ0v) is 18.7. The summed E-state index contributed by atoms with van der Waals surface area (Å²) in [5.74, 6) is -1.33. The Morgan fingerprint density at radius 1 is 1.33 bits per heavy atom. The summed E-state index contributed by atoms with van der Waals surface area (Å²) in [5.41, 5.74) is 0.270. The van der Waals surface area contributed by atoms with Gasteiger partial charge in [-0.25, -0.2) is 8.42 Å². The highest BCUT2D eigenvalue weighted by molar-refractivity contribution is 7.89. The second-order valence-corrected chi connectivity index (χ2v) is 9.88. The number of nitrogens with zero attached hydrogens (tertiary/aromatic N) is 3.